The van der Waals surface area contributed by atoms with Crippen molar-refractivity contribution >= 4 is 10.9 Å². The average molecular weight is 529 g/mol. The van der Waals surface area contributed by atoms with Gasteiger partial charge < -0.3 is 18.9 Å². The summed E-state index contributed by atoms with van der Waals surface area (Å²) in [5.74, 6) is 2.76. The summed E-state index contributed by atoms with van der Waals surface area (Å²) < 4.78 is 18.2. The van der Waals surface area contributed by atoms with Crippen molar-refractivity contribution < 1.29 is 13.9 Å². The largest absolute Gasteiger partial charge is 0.493 e. The van der Waals surface area contributed by atoms with Gasteiger partial charge in [-0.05, 0) is 46.2 Å². The number of hydrogen-bond acceptors (Lipinski definition) is 8. The summed E-state index contributed by atoms with van der Waals surface area (Å²) in [7, 11) is 3.17. The molecule has 1 unspecified atom stereocenters. The summed E-state index contributed by atoms with van der Waals surface area (Å²) >= 11 is 0. The van der Waals surface area contributed by atoms with E-state index in [1.807, 2.05) is 42.5 Å². The van der Waals surface area contributed by atoms with Crippen molar-refractivity contribution in [2.45, 2.75) is 39.5 Å². The number of hydrogen-bond donors (Lipinski definition) is 1. The zero-order chi connectivity index (χ0) is 27.4. The summed E-state index contributed by atoms with van der Waals surface area (Å²) in [6, 6.07) is 19.3. The molecule has 0 saturated carbocycles. The number of benzene rings is 2. The van der Waals surface area contributed by atoms with Crippen LogP contribution in [0.25, 0.3) is 10.9 Å². The zero-order valence-corrected chi connectivity index (χ0v) is 22.5. The van der Waals surface area contributed by atoms with Crippen LogP contribution in [-0.4, -0.2) is 44.3 Å². The number of aromatic amines is 1. The minimum absolute atomic E-state index is 0.138. The molecule has 0 fully saturated rings. The molecule has 5 aromatic rings. The second-order valence-corrected chi connectivity index (χ2v) is 9.77. The fraction of sp³-hybridized carbons (Fsp3) is 0.310. The first kappa shape index (κ1) is 26.2. The Hall–Kier alpha value is -4.44. The van der Waals surface area contributed by atoms with Gasteiger partial charge >= 0.3 is 0 Å². The van der Waals surface area contributed by atoms with Gasteiger partial charge in [0.1, 0.15) is 12.3 Å². The lowest BCUT2D eigenvalue weighted by Gasteiger charge is -2.33. The minimum Gasteiger partial charge on any atom is -0.493 e. The van der Waals surface area contributed by atoms with Gasteiger partial charge in [-0.15, -0.1) is 5.10 Å². The highest BCUT2D eigenvalue weighted by Crippen LogP contribution is 2.33. The quantitative estimate of drug-likeness (QED) is 0.265. The van der Waals surface area contributed by atoms with Gasteiger partial charge in [0.15, 0.2) is 17.3 Å². The molecule has 10 nitrogen and oxygen atoms in total. The van der Waals surface area contributed by atoms with E-state index in [9.17, 15) is 4.79 Å². The lowest BCUT2D eigenvalue weighted by Crippen LogP contribution is -2.35. The van der Waals surface area contributed by atoms with E-state index in [-0.39, 0.29) is 17.5 Å². The molecular formula is C29H32N6O4. The van der Waals surface area contributed by atoms with Gasteiger partial charge in [0, 0.05) is 30.1 Å². The van der Waals surface area contributed by atoms with Gasteiger partial charge in [0.25, 0.3) is 5.56 Å². The Balaban J connectivity index is 1.56. The number of ether oxygens (including phenoxy) is 2. The Morgan fingerprint density at radius 3 is 2.46 bits per heavy atom. The Bertz CT molecular complexity index is 1580. The van der Waals surface area contributed by atoms with Crippen molar-refractivity contribution in [1.82, 2.24) is 30.1 Å². The molecule has 1 N–H and O–H groups in total. The van der Waals surface area contributed by atoms with Crippen LogP contribution in [0.1, 0.15) is 42.6 Å². The van der Waals surface area contributed by atoms with E-state index in [0.717, 1.165) is 16.7 Å². The van der Waals surface area contributed by atoms with Crippen LogP contribution in [0.5, 0.6) is 11.5 Å². The first-order chi connectivity index (χ1) is 19.0. The molecule has 3 heterocycles. The number of nitrogens with zero attached hydrogens (tertiary/aromatic N) is 5. The van der Waals surface area contributed by atoms with Gasteiger partial charge in [-0.1, -0.05) is 44.2 Å². The van der Waals surface area contributed by atoms with E-state index in [1.54, 1.807) is 31.2 Å². The molecule has 39 heavy (non-hydrogen) atoms. The summed E-state index contributed by atoms with van der Waals surface area (Å²) in [6.07, 6.45) is 1.64. The third-order valence-electron chi connectivity index (χ3n) is 6.76. The number of fused-ring (bicyclic) bond motifs is 1. The maximum atomic E-state index is 13.3. The normalized spacial score (nSPS) is 12.4. The number of H-pyrrole nitrogens is 1. The van der Waals surface area contributed by atoms with Crippen molar-refractivity contribution in [3.63, 3.8) is 0 Å². The third kappa shape index (κ3) is 5.70. The number of nitrogens with one attached hydrogen (secondary N) is 1. The topological polar surface area (TPSA) is 111 Å². The molecule has 0 aliphatic carbocycles. The second kappa shape index (κ2) is 11.5. The average Bonchev–Trinajstić information content (AvgIpc) is 3.62. The molecule has 10 heteroatoms. The molecule has 0 aliphatic rings. The molecule has 0 radical (unpaired) electrons. The Morgan fingerprint density at radius 1 is 1.00 bits per heavy atom. The Kier molecular flexibility index (Phi) is 7.74. The predicted octanol–water partition coefficient (Wildman–Crippen LogP) is 4.57. The minimum atomic E-state index is -0.185. The summed E-state index contributed by atoms with van der Waals surface area (Å²) in [5.41, 5.74) is 2.27. The lowest BCUT2D eigenvalue weighted by atomic mass is 9.99. The van der Waals surface area contributed by atoms with E-state index in [0.29, 0.717) is 48.0 Å². The van der Waals surface area contributed by atoms with E-state index in [1.165, 1.54) is 0 Å². The van der Waals surface area contributed by atoms with Crippen LogP contribution in [0.4, 0.5) is 0 Å². The Labute approximate surface area is 226 Å². The van der Waals surface area contributed by atoms with E-state index >= 15 is 0 Å². The van der Waals surface area contributed by atoms with Crippen molar-refractivity contribution in [2.24, 2.45) is 5.92 Å². The summed E-state index contributed by atoms with van der Waals surface area (Å²) in [6.45, 7) is 5.66. The van der Waals surface area contributed by atoms with Crippen LogP contribution in [0.3, 0.4) is 0 Å². The highest BCUT2D eigenvalue weighted by atomic mass is 16.5. The van der Waals surface area contributed by atoms with Crippen molar-refractivity contribution in [1.29, 1.82) is 0 Å². The molecular weight excluding hydrogens is 496 g/mol. The molecule has 0 amide bonds. The number of pyridine rings is 1. The van der Waals surface area contributed by atoms with E-state index < -0.39 is 0 Å². The van der Waals surface area contributed by atoms with Gasteiger partial charge in [-0.3, -0.25) is 9.69 Å². The third-order valence-corrected chi connectivity index (χ3v) is 6.76. The number of aromatic nitrogens is 5. The van der Waals surface area contributed by atoms with Crippen LogP contribution >= 0.6 is 0 Å². The number of furan rings is 1. The van der Waals surface area contributed by atoms with Crippen LogP contribution in [-0.2, 0) is 19.6 Å². The smallest absolute Gasteiger partial charge is 0.252 e. The fourth-order valence-electron chi connectivity index (χ4n) is 4.95. The van der Waals surface area contributed by atoms with Gasteiger partial charge in [0.05, 0.1) is 32.0 Å². The number of rotatable bonds is 11. The number of tetrazole rings is 1. The molecule has 202 valence electrons. The standard InChI is InChI=1S/C29H32N6O4/c1-19(2)27(28-31-32-33-35(28)18-23-11-8-12-39-23)34(16-20-9-6-5-7-10-20)17-22-13-21-14-25(37-3)26(38-4)15-24(21)30-29(22)36/h5-15,19,27H,16-18H2,1-4H3,(H,30,36). The lowest BCUT2D eigenvalue weighted by molar-refractivity contribution is 0.125. The molecule has 2 aromatic carbocycles. The van der Waals surface area contributed by atoms with Crippen LogP contribution in [0.2, 0.25) is 0 Å². The summed E-state index contributed by atoms with van der Waals surface area (Å²) in [5, 5.41) is 13.5. The highest BCUT2D eigenvalue weighted by molar-refractivity contribution is 5.83. The van der Waals surface area contributed by atoms with E-state index in [4.69, 9.17) is 13.9 Å². The van der Waals surface area contributed by atoms with Crippen LogP contribution < -0.4 is 15.0 Å². The van der Waals surface area contributed by atoms with Gasteiger partial charge in [-0.25, -0.2) is 4.68 Å². The van der Waals surface area contributed by atoms with Crippen molar-refractivity contribution in [2.75, 3.05) is 14.2 Å². The monoisotopic (exact) mass is 528 g/mol. The van der Waals surface area contributed by atoms with Crippen molar-refractivity contribution in [3.8, 4) is 11.5 Å². The van der Waals surface area contributed by atoms with E-state index in [2.05, 4.69) is 51.4 Å². The molecule has 3 aromatic heterocycles. The first-order valence-corrected chi connectivity index (χ1v) is 12.8. The number of methoxy groups -OCH3 is 2. The molecule has 1 atom stereocenters. The highest BCUT2D eigenvalue weighted by Gasteiger charge is 2.30. The first-order valence-electron chi connectivity index (χ1n) is 12.8. The van der Waals surface area contributed by atoms with Gasteiger partial charge in [0.2, 0.25) is 0 Å². The molecule has 0 saturated heterocycles. The van der Waals surface area contributed by atoms with Crippen molar-refractivity contribution in [3.05, 3.63) is 100.0 Å². The van der Waals surface area contributed by atoms with Gasteiger partial charge in [-0.2, -0.15) is 0 Å². The second-order valence-electron chi connectivity index (χ2n) is 9.77. The SMILES string of the molecule is COc1cc2cc(CN(Cc3ccccc3)C(c3nnnn3Cc3ccco3)C(C)C)c(=O)[nH]c2cc1OC. The molecule has 0 aliphatic heterocycles. The Morgan fingerprint density at radius 2 is 1.77 bits per heavy atom. The molecule has 5 rings (SSSR count). The molecule has 0 spiro atoms. The van der Waals surface area contributed by atoms with Crippen LogP contribution in [0, 0.1) is 5.92 Å². The summed E-state index contributed by atoms with van der Waals surface area (Å²) in [4.78, 5) is 18.6. The molecule has 0 bridgehead atoms. The zero-order valence-electron chi connectivity index (χ0n) is 22.5. The van der Waals surface area contributed by atoms with Crippen LogP contribution in [0.15, 0.2) is 76.1 Å². The predicted molar refractivity (Wildman–Crippen MR) is 147 cm³/mol. The fourth-order valence-corrected chi connectivity index (χ4v) is 4.95. The maximum absolute atomic E-state index is 13.3. The maximum Gasteiger partial charge on any atom is 0.252 e.